The molecule has 2 unspecified atom stereocenters. The Morgan fingerprint density at radius 3 is 2.52 bits per heavy atom. The topological polar surface area (TPSA) is 122 Å². The zero-order chi connectivity index (χ0) is 19.2. The first-order valence-corrected chi connectivity index (χ1v) is 9.32. The minimum Gasteiger partial charge on any atom is -0.390 e. The normalized spacial score (nSPS) is 33.5. The minimum absolute atomic E-state index is 0.105. The molecule has 4 aliphatic rings. The number of nitro benzene ring substituents is 1. The van der Waals surface area contributed by atoms with Gasteiger partial charge < -0.3 is 5.11 Å². The molecule has 4 fully saturated rings. The standard InChI is InChI=1S/C19H23N3O5/c23-16(20-21-17(24)14-2-1-3-15(5-14)22(26)27)10-18-6-12-4-13(7-18)9-19(25,8-12)11-18/h1-3,5,12-13,25H,4,6-11H2,(H,20,23)(H,21,24)/t12-,13+,18?,19?. The van der Waals surface area contributed by atoms with E-state index in [1.54, 1.807) is 0 Å². The Labute approximate surface area is 156 Å². The van der Waals surface area contributed by atoms with E-state index < -0.39 is 16.4 Å². The van der Waals surface area contributed by atoms with Gasteiger partial charge >= 0.3 is 0 Å². The third-order valence-corrected chi connectivity index (χ3v) is 6.32. The van der Waals surface area contributed by atoms with Crippen molar-refractivity contribution in [1.82, 2.24) is 10.9 Å². The second kappa shape index (κ2) is 6.30. The van der Waals surface area contributed by atoms with Gasteiger partial charge in [-0.3, -0.25) is 30.6 Å². The molecular weight excluding hydrogens is 350 g/mol. The van der Waals surface area contributed by atoms with Crippen LogP contribution in [0.25, 0.3) is 0 Å². The van der Waals surface area contributed by atoms with Gasteiger partial charge in [-0.15, -0.1) is 0 Å². The fourth-order valence-electron chi connectivity index (χ4n) is 5.95. The first-order valence-electron chi connectivity index (χ1n) is 9.32. The molecule has 0 heterocycles. The highest BCUT2D eigenvalue weighted by molar-refractivity contribution is 5.95. The van der Waals surface area contributed by atoms with Crippen LogP contribution in [-0.2, 0) is 4.79 Å². The second-order valence-electron chi connectivity index (χ2n) is 8.67. The summed E-state index contributed by atoms with van der Waals surface area (Å²) >= 11 is 0. The number of hydrogen-bond acceptors (Lipinski definition) is 5. The molecule has 0 aromatic heterocycles. The molecule has 1 aromatic rings. The van der Waals surface area contributed by atoms with Crippen molar-refractivity contribution < 1.29 is 19.6 Å². The van der Waals surface area contributed by atoms with Gasteiger partial charge in [0.1, 0.15) is 0 Å². The second-order valence-corrected chi connectivity index (χ2v) is 8.67. The highest BCUT2D eigenvalue weighted by Crippen LogP contribution is 2.62. The smallest absolute Gasteiger partial charge is 0.270 e. The lowest BCUT2D eigenvalue weighted by molar-refractivity contribution is -0.384. The molecule has 8 heteroatoms. The lowest BCUT2D eigenvalue weighted by Gasteiger charge is -2.60. The number of nitro groups is 1. The molecule has 27 heavy (non-hydrogen) atoms. The van der Waals surface area contributed by atoms with Crippen molar-refractivity contribution in [2.45, 2.75) is 50.5 Å². The third-order valence-electron chi connectivity index (χ3n) is 6.32. The molecule has 3 N–H and O–H groups in total. The summed E-state index contributed by atoms with van der Waals surface area (Å²) in [6, 6.07) is 5.33. The number of non-ortho nitro benzene ring substituents is 1. The molecule has 4 aliphatic carbocycles. The van der Waals surface area contributed by atoms with E-state index in [1.807, 2.05) is 0 Å². The van der Waals surface area contributed by atoms with Crippen LogP contribution in [-0.4, -0.2) is 27.4 Å². The summed E-state index contributed by atoms with van der Waals surface area (Å²) in [4.78, 5) is 34.8. The first kappa shape index (κ1) is 17.9. The SMILES string of the molecule is O=C(CC12C[C@@H]3C[C@@H](CC(O)(C3)C1)C2)NNC(=O)c1cccc([N+](=O)[O-])c1. The Hall–Kier alpha value is -2.48. The molecule has 5 rings (SSSR count). The highest BCUT2D eigenvalue weighted by atomic mass is 16.6. The van der Waals surface area contributed by atoms with Crippen molar-refractivity contribution >= 4 is 17.5 Å². The summed E-state index contributed by atoms with van der Waals surface area (Å²) in [6.45, 7) is 0. The van der Waals surface area contributed by atoms with Gasteiger partial charge in [0.2, 0.25) is 5.91 Å². The van der Waals surface area contributed by atoms with E-state index in [2.05, 4.69) is 10.9 Å². The van der Waals surface area contributed by atoms with Crippen molar-refractivity contribution in [3.05, 3.63) is 39.9 Å². The summed E-state index contributed by atoms with van der Waals surface area (Å²) < 4.78 is 0. The number of hydrazine groups is 1. The summed E-state index contributed by atoms with van der Waals surface area (Å²) in [5.74, 6) is 0.0857. The molecule has 1 aromatic carbocycles. The molecule has 0 saturated heterocycles. The zero-order valence-corrected chi connectivity index (χ0v) is 14.9. The lowest BCUT2D eigenvalue weighted by atomic mass is 9.47. The van der Waals surface area contributed by atoms with Gasteiger partial charge in [0.25, 0.3) is 11.6 Å². The molecule has 0 radical (unpaired) electrons. The van der Waals surface area contributed by atoms with E-state index >= 15 is 0 Å². The zero-order valence-electron chi connectivity index (χ0n) is 14.9. The van der Waals surface area contributed by atoms with Crippen LogP contribution in [0.2, 0.25) is 0 Å². The van der Waals surface area contributed by atoms with Crippen LogP contribution < -0.4 is 10.9 Å². The number of carbonyl (C=O) groups excluding carboxylic acids is 2. The van der Waals surface area contributed by atoms with Crippen LogP contribution in [0.1, 0.15) is 55.3 Å². The van der Waals surface area contributed by atoms with E-state index in [1.165, 1.54) is 18.2 Å². The minimum atomic E-state index is -0.628. The Bertz CT molecular complexity index is 794. The van der Waals surface area contributed by atoms with Gasteiger partial charge in [0, 0.05) is 24.1 Å². The molecular formula is C19H23N3O5. The Kier molecular flexibility index (Phi) is 4.18. The number of nitrogens with one attached hydrogen (secondary N) is 2. The molecule has 0 spiro atoms. The molecule has 8 nitrogen and oxygen atoms in total. The largest absolute Gasteiger partial charge is 0.390 e. The van der Waals surface area contributed by atoms with Crippen LogP contribution in [0.15, 0.2) is 24.3 Å². The molecule has 2 amide bonds. The quantitative estimate of drug-likeness (QED) is 0.551. The van der Waals surface area contributed by atoms with Gasteiger partial charge in [-0.1, -0.05) is 6.07 Å². The van der Waals surface area contributed by atoms with E-state index in [0.29, 0.717) is 18.3 Å². The van der Waals surface area contributed by atoms with Crippen molar-refractivity contribution in [3.63, 3.8) is 0 Å². The van der Waals surface area contributed by atoms with Crippen LogP contribution in [0, 0.1) is 27.4 Å². The van der Waals surface area contributed by atoms with Crippen molar-refractivity contribution in [3.8, 4) is 0 Å². The molecule has 4 atom stereocenters. The average Bonchev–Trinajstić information content (AvgIpc) is 2.57. The van der Waals surface area contributed by atoms with Gasteiger partial charge in [-0.25, -0.2) is 0 Å². The summed E-state index contributed by atoms with van der Waals surface area (Å²) in [7, 11) is 0. The number of hydrogen-bond donors (Lipinski definition) is 3. The maximum Gasteiger partial charge on any atom is 0.270 e. The molecule has 0 aliphatic heterocycles. The number of nitrogens with zero attached hydrogens (tertiary/aromatic N) is 1. The van der Waals surface area contributed by atoms with Crippen LogP contribution in [0.3, 0.4) is 0 Å². The molecule has 144 valence electrons. The summed E-state index contributed by atoms with van der Waals surface area (Å²) in [6.07, 6.45) is 5.68. The fourth-order valence-corrected chi connectivity index (χ4v) is 5.95. The van der Waals surface area contributed by atoms with E-state index in [-0.39, 0.29) is 29.0 Å². The maximum absolute atomic E-state index is 12.4. The van der Waals surface area contributed by atoms with Gasteiger partial charge in [0.15, 0.2) is 0 Å². The average molecular weight is 373 g/mol. The first-order chi connectivity index (χ1) is 12.8. The monoisotopic (exact) mass is 373 g/mol. The maximum atomic E-state index is 12.4. The molecule has 4 saturated carbocycles. The van der Waals surface area contributed by atoms with Crippen molar-refractivity contribution in [2.24, 2.45) is 17.3 Å². The predicted molar refractivity (Wildman–Crippen MR) is 95.4 cm³/mol. The summed E-state index contributed by atoms with van der Waals surface area (Å²) in [5.41, 5.74) is 3.87. The number of carbonyl (C=O) groups is 2. The van der Waals surface area contributed by atoms with E-state index in [9.17, 15) is 24.8 Å². The number of amides is 2. The highest BCUT2D eigenvalue weighted by Gasteiger charge is 2.57. The lowest BCUT2D eigenvalue weighted by Crippen LogP contribution is -2.57. The van der Waals surface area contributed by atoms with Crippen LogP contribution in [0.4, 0.5) is 5.69 Å². The fraction of sp³-hybridized carbons (Fsp3) is 0.579. The molecule has 4 bridgehead atoms. The van der Waals surface area contributed by atoms with Gasteiger partial charge in [-0.2, -0.15) is 0 Å². The number of aliphatic hydroxyl groups is 1. The number of rotatable bonds is 4. The number of benzene rings is 1. The summed E-state index contributed by atoms with van der Waals surface area (Å²) in [5, 5.41) is 21.6. The Morgan fingerprint density at radius 1 is 1.19 bits per heavy atom. The third kappa shape index (κ3) is 3.53. The van der Waals surface area contributed by atoms with Crippen LogP contribution in [0.5, 0.6) is 0 Å². The Morgan fingerprint density at radius 2 is 1.89 bits per heavy atom. The predicted octanol–water partition coefficient (Wildman–Crippen LogP) is 2.08. The van der Waals surface area contributed by atoms with Crippen LogP contribution >= 0.6 is 0 Å². The van der Waals surface area contributed by atoms with E-state index in [0.717, 1.165) is 38.2 Å². The van der Waals surface area contributed by atoms with Crippen molar-refractivity contribution in [2.75, 3.05) is 0 Å². The van der Waals surface area contributed by atoms with Gasteiger partial charge in [0.05, 0.1) is 10.5 Å². The van der Waals surface area contributed by atoms with Gasteiger partial charge in [-0.05, 0) is 61.8 Å². The van der Waals surface area contributed by atoms with E-state index in [4.69, 9.17) is 0 Å². The van der Waals surface area contributed by atoms with Crippen molar-refractivity contribution in [1.29, 1.82) is 0 Å². The Balaban J connectivity index is 1.36.